The molecule has 14 heavy (non-hydrogen) atoms. The van der Waals surface area contributed by atoms with E-state index in [0.717, 1.165) is 18.9 Å². The quantitative estimate of drug-likeness (QED) is 0.730. The van der Waals surface area contributed by atoms with Crippen LogP contribution in [-0.4, -0.2) is 32.5 Å². The van der Waals surface area contributed by atoms with Crippen molar-refractivity contribution in [3.63, 3.8) is 0 Å². The van der Waals surface area contributed by atoms with Crippen LogP contribution >= 0.6 is 0 Å². The minimum atomic E-state index is -2.90. The van der Waals surface area contributed by atoms with Crippen LogP contribution in [0.2, 0.25) is 0 Å². The summed E-state index contributed by atoms with van der Waals surface area (Å²) < 4.78 is 22.8. The molecule has 0 spiro atoms. The Hall–Kier alpha value is -0.0900. The van der Waals surface area contributed by atoms with Gasteiger partial charge in [-0.05, 0) is 25.8 Å². The van der Waals surface area contributed by atoms with Gasteiger partial charge in [0.1, 0.15) is 0 Å². The molecule has 1 fully saturated rings. The summed E-state index contributed by atoms with van der Waals surface area (Å²) in [6.07, 6.45) is 4.90. The van der Waals surface area contributed by atoms with Crippen LogP contribution in [0.5, 0.6) is 0 Å². The third-order valence-corrected chi connectivity index (χ3v) is 4.67. The summed E-state index contributed by atoms with van der Waals surface area (Å²) in [5, 5.41) is 3.02. The summed E-state index contributed by atoms with van der Waals surface area (Å²) >= 11 is 0. The van der Waals surface area contributed by atoms with Crippen LogP contribution in [0.25, 0.3) is 0 Å². The molecule has 0 bridgehead atoms. The molecule has 0 saturated heterocycles. The van der Waals surface area contributed by atoms with Crippen molar-refractivity contribution in [1.29, 1.82) is 0 Å². The van der Waals surface area contributed by atoms with E-state index >= 15 is 0 Å². The fourth-order valence-electron chi connectivity index (χ4n) is 1.71. The Kier molecular flexibility index (Phi) is 3.95. The van der Waals surface area contributed by atoms with E-state index in [9.17, 15) is 8.42 Å². The lowest BCUT2D eigenvalue weighted by atomic mass is 10.1. The van der Waals surface area contributed by atoms with Crippen LogP contribution in [0.3, 0.4) is 0 Å². The van der Waals surface area contributed by atoms with Crippen molar-refractivity contribution >= 4 is 9.84 Å². The predicted octanol–water partition coefficient (Wildman–Crippen LogP) is 1.20. The predicted molar refractivity (Wildman–Crippen MR) is 59.1 cm³/mol. The monoisotopic (exact) mass is 219 g/mol. The Morgan fingerprint density at radius 3 is 2.36 bits per heavy atom. The van der Waals surface area contributed by atoms with Crippen molar-refractivity contribution in [2.45, 2.75) is 44.4 Å². The van der Waals surface area contributed by atoms with E-state index in [1.54, 1.807) is 0 Å². The number of sulfone groups is 1. The van der Waals surface area contributed by atoms with Gasteiger partial charge in [-0.3, -0.25) is 0 Å². The first-order chi connectivity index (χ1) is 6.45. The van der Waals surface area contributed by atoms with Gasteiger partial charge in [-0.15, -0.1) is 0 Å². The largest absolute Gasteiger partial charge is 0.313 e. The molecular weight excluding hydrogens is 198 g/mol. The first-order valence-electron chi connectivity index (χ1n) is 5.37. The molecule has 1 N–H and O–H groups in total. The molecule has 3 nitrogen and oxygen atoms in total. The number of rotatable bonds is 6. The van der Waals surface area contributed by atoms with Crippen LogP contribution in [0.4, 0.5) is 0 Å². The zero-order chi connectivity index (χ0) is 10.8. The topological polar surface area (TPSA) is 46.2 Å². The van der Waals surface area contributed by atoms with Crippen molar-refractivity contribution in [1.82, 2.24) is 5.32 Å². The lowest BCUT2D eigenvalue weighted by Gasteiger charge is -2.23. The van der Waals surface area contributed by atoms with Crippen molar-refractivity contribution in [2.75, 3.05) is 12.8 Å². The normalized spacial score (nSPS) is 21.9. The van der Waals surface area contributed by atoms with Crippen LogP contribution < -0.4 is 5.32 Å². The van der Waals surface area contributed by atoms with Gasteiger partial charge in [-0.25, -0.2) is 8.42 Å². The first kappa shape index (κ1) is 12.0. The summed E-state index contributed by atoms with van der Waals surface area (Å²) in [5.74, 6) is 0.767. The number of hydrogen-bond acceptors (Lipinski definition) is 3. The molecule has 1 aliphatic rings. The lowest BCUT2D eigenvalue weighted by Crippen LogP contribution is -2.42. The molecule has 1 aliphatic carbocycles. The molecular formula is C10H21NO2S. The maximum Gasteiger partial charge on any atom is 0.151 e. The maximum atomic E-state index is 11.4. The summed E-state index contributed by atoms with van der Waals surface area (Å²) in [5.41, 5.74) is 0. The minimum absolute atomic E-state index is 0.141. The molecule has 84 valence electrons. The third kappa shape index (κ3) is 3.58. The minimum Gasteiger partial charge on any atom is -0.313 e. The highest BCUT2D eigenvalue weighted by Crippen LogP contribution is 2.34. The SMILES string of the molecule is CCNC(CC1CC1)C(C)S(C)(=O)=O. The van der Waals surface area contributed by atoms with Gasteiger partial charge in [0.2, 0.25) is 0 Å². The average Bonchev–Trinajstić information content (AvgIpc) is 2.84. The Bertz CT molecular complexity index is 270. The van der Waals surface area contributed by atoms with Gasteiger partial charge in [0, 0.05) is 12.3 Å². The molecule has 0 radical (unpaired) electrons. The fourth-order valence-corrected chi connectivity index (χ4v) is 2.52. The van der Waals surface area contributed by atoms with Crippen LogP contribution in [0.15, 0.2) is 0 Å². The van der Waals surface area contributed by atoms with Crippen molar-refractivity contribution < 1.29 is 8.42 Å². The molecule has 0 aliphatic heterocycles. The van der Waals surface area contributed by atoms with E-state index < -0.39 is 9.84 Å². The molecule has 1 rings (SSSR count). The molecule has 1 saturated carbocycles. The molecule has 0 amide bonds. The number of nitrogens with one attached hydrogen (secondary N) is 1. The summed E-state index contributed by atoms with van der Waals surface area (Å²) in [4.78, 5) is 0. The van der Waals surface area contributed by atoms with Crippen molar-refractivity contribution in [2.24, 2.45) is 5.92 Å². The van der Waals surface area contributed by atoms with E-state index in [1.165, 1.54) is 19.1 Å². The second-order valence-corrected chi connectivity index (χ2v) is 6.78. The Morgan fingerprint density at radius 2 is 2.00 bits per heavy atom. The molecule has 2 unspecified atom stereocenters. The van der Waals surface area contributed by atoms with Crippen molar-refractivity contribution in [3.05, 3.63) is 0 Å². The molecule has 0 heterocycles. The van der Waals surface area contributed by atoms with Crippen LogP contribution in [0, 0.1) is 5.92 Å². The Morgan fingerprint density at radius 1 is 1.43 bits per heavy atom. The highest BCUT2D eigenvalue weighted by Gasteiger charge is 2.31. The standard InChI is InChI=1S/C10H21NO2S/c1-4-11-10(7-9-5-6-9)8(2)14(3,12)13/h8-11H,4-7H2,1-3H3. The lowest BCUT2D eigenvalue weighted by molar-refractivity contribution is 0.450. The van der Waals surface area contributed by atoms with Gasteiger partial charge in [-0.1, -0.05) is 19.8 Å². The average molecular weight is 219 g/mol. The molecule has 0 aromatic heterocycles. The molecule has 4 heteroatoms. The van der Waals surface area contributed by atoms with E-state index in [1.807, 2.05) is 13.8 Å². The Balaban J connectivity index is 2.55. The molecule has 0 aromatic carbocycles. The number of hydrogen-bond donors (Lipinski definition) is 1. The van der Waals surface area contributed by atoms with Gasteiger partial charge in [0.15, 0.2) is 9.84 Å². The third-order valence-electron chi connectivity index (χ3n) is 2.99. The zero-order valence-electron chi connectivity index (χ0n) is 9.29. The summed E-state index contributed by atoms with van der Waals surface area (Å²) in [6.45, 7) is 4.68. The highest BCUT2D eigenvalue weighted by molar-refractivity contribution is 7.91. The van der Waals surface area contributed by atoms with Crippen LogP contribution in [-0.2, 0) is 9.84 Å². The van der Waals surface area contributed by atoms with E-state index in [4.69, 9.17) is 0 Å². The van der Waals surface area contributed by atoms with Crippen molar-refractivity contribution in [3.8, 4) is 0 Å². The zero-order valence-corrected chi connectivity index (χ0v) is 10.1. The molecule has 2 atom stereocenters. The molecule has 0 aromatic rings. The van der Waals surface area contributed by atoms with Gasteiger partial charge in [0.25, 0.3) is 0 Å². The first-order valence-corrected chi connectivity index (χ1v) is 7.32. The van der Waals surface area contributed by atoms with Gasteiger partial charge < -0.3 is 5.32 Å². The summed E-state index contributed by atoms with van der Waals surface area (Å²) in [6, 6.07) is 0.141. The Labute approximate surface area is 87.2 Å². The van der Waals surface area contributed by atoms with E-state index in [2.05, 4.69) is 5.32 Å². The fraction of sp³-hybridized carbons (Fsp3) is 1.00. The van der Waals surface area contributed by atoms with E-state index in [0.29, 0.717) is 0 Å². The maximum absolute atomic E-state index is 11.4. The van der Waals surface area contributed by atoms with Gasteiger partial charge >= 0.3 is 0 Å². The second-order valence-electron chi connectivity index (χ2n) is 4.38. The smallest absolute Gasteiger partial charge is 0.151 e. The van der Waals surface area contributed by atoms with Crippen LogP contribution in [0.1, 0.15) is 33.1 Å². The van der Waals surface area contributed by atoms with E-state index in [-0.39, 0.29) is 11.3 Å². The highest BCUT2D eigenvalue weighted by atomic mass is 32.2. The van der Waals surface area contributed by atoms with Gasteiger partial charge in [-0.2, -0.15) is 0 Å². The van der Waals surface area contributed by atoms with Gasteiger partial charge in [0.05, 0.1) is 5.25 Å². The summed E-state index contributed by atoms with van der Waals surface area (Å²) in [7, 11) is -2.90. The second kappa shape index (κ2) is 4.62.